The molecule has 0 bridgehead atoms. The van der Waals surface area contributed by atoms with Crippen LogP contribution in [0.5, 0.6) is 0 Å². The molecule has 0 rings (SSSR count). The van der Waals surface area contributed by atoms with Gasteiger partial charge in [-0.1, -0.05) is 79.1 Å². The molecule has 0 aromatic carbocycles. The van der Waals surface area contributed by atoms with Crippen molar-refractivity contribution in [3.8, 4) is 0 Å². The van der Waals surface area contributed by atoms with Crippen LogP contribution in [-0.2, 0) is 0 Å². The molecule has 0 saturated heterocycles. The Bertz CT molecular complexity index is 201. The van der Waals surface area contributed by atoms with Gasteiger partial charge in [0.15, 0.2) is 0 Å². The fourth-order valence-corrected chi connectivity index (χ4v) is 9.09. The summed E-state index contributed by atoms with van der Waals surface area (Å²) in [5.74, 6) is 0. The first kappa shape index (κ1) is 28.6. The lowest BCUT2D eigenvalue weighted by atomic mass is 10.2. The summed E-state index contributed by atoms with van der Waals surface area (Å²) in [6, 6.07) is 0. The van der Waals surface area contributed by atoms with Gasteiger partial charge in [-0.3, -0.25) is 0 Å². The lowest BCUT2D eigenvalue weighted by molar-refractivity contribution is 0.673. The molecule has 1 nitrogen and oxygen atoms in total. The van der Waals surface area contributed by atoms with Crippen LogP contribution in [0.15, 0.2) is 0 Å². The third-order valence-corrected chi connectivity index (χ3v) is 11.0. The summed E-state index contributed by atoms with van der Waals surface area (Å²) < 4.78 is 0. The summed E-state index contributed by atoms with van der Waals surface area (Å²) >= 11 is 0. The van der Waals surface area contributed by atoms with Gasteiger partial charge in [0.05, 0.1) is 24.6 Å². The molecule has 0 aliphatic rings. The molecule has 0 aliphatic heterocycles. The normalized spacial score (nSPS) is 11.5. The van der Waals surface area contributed by atoms with Crippen LogP contribution < -0.4 is 0 Å². The predicted molar refractivity (Wildman–Crippen MR) is 125 cm³/mol. The third kappa shape index (κ3) is 16.6. The minimum atomic E-state index is -0.657. The molecule has 0 fully saturated rings. The zero-order chi connectivity index (χ0) is 18.6. The van der Waals surface area contributed by atoms with E-state index in [1.807, 2.05) is 0 Å². The fourth-order valence-electron chi connectivity index (χ4n) is 4.17. The van der Waals surface area contributed by atoms with Crippen LogP contribution in [-0.4, -0.2) is 30.1 Å². The molecule has 0 radical (unpaired) electrons. The van der Waals surface area contributed by atoms with Gasteiger partial charge < -0.3 is 5.48 Å². The SMILES string of the molecule is CCCCCC[P+](CCCCCC)(CCCCCC)CCCCCC.[OH-]. The van der Waals surface area contributed by atoms with Gasteiger partial charge in [-0.2, -0.15) is 0 Å². The molecule has 0 heterocycles. The summed E-state index contributed by atoms with van der Waals surface area (Å²) in [7, 11) is -0.657. The van der Waals surface area contributed by atoms with E-state index in [2.05, 4.69) is 27.7 Å². The van der Waals surface area contributed by atoms with Crippen molar-refractivity contribution < 1.29 is 5.48 Å². The first-order valence-electron chi connectivity index (χ1n) is 12.1. The summed E-state index contributed by atoms with van der Waals surface area (Å²) in [5, 5.41) is 0. The van der Waals surface area contributed by atoms with Crippen molar-refractivity contribution in [3.05, 3.63) is 0 Å². The molecular weight excluding hydrogens is 335 g/mol. The molecule has 0 unspecified atom stereocenters. The number of hydrogen-bond donors (Lipinski definition) is 0. The van der Waals surface area contributed by atoms with Crippen LogP contribution in [0.2, 0.25) is 0 Å². The zero-order valence-electron chi connectivity index (χ0n) is 19.0. The Balaban J connectivity index is 0. The molecule has 0 aromatic rings. The van der Waals surface area contributed by atoms with E-state index in [4.69, 9.17) is 0 Å². The highest BCUT2D eigenvalue weighted by Crippen LogP contribution is 2.61. The summed E-state index contributed by atoms with van der Waals surface area (Å²) in [6.45, 7) is 9.40. The molecule has 1 N–H and O–H groups in total. The molecule has 0 saturated carbocycles. The Morgan fingerprint density at radius 1 is 0.346 bits per heavy atom. The molecule has 0 aromatic heterocycles. The highest BCUT2D eigenvalue weighted by atomic mass is 31.2. The van der Waals surface area contributed by atoms with E-state index in [1.165, 1.54) is 103 Å². The second-order valence-electron chi connectivity index (χ2n) is 8.48. The molecular formula is C24H53OP. The van der Waals surface area contributed by atoms with E-state index in [0.717, 1.165) is 0 Å². The van der Waals surface area contributed by atoms with Crippen LogP contribution in [0, 0.1) is 0 Å². The van der Waals surface area contributed by atoms with Crippen LogP contribution in [0.1, 0.15) is 130 Å². The Morgan fingerprint density at radius 3 is 0.769 bits per heavy atom. The van der Waals surface area contributed by atoms with E-state index in [-0.39, 0.29) is 5.48 Å². The monoisotopic (exact) mass is 388 g/mol. The molecule has 0 spiro atoms. The zero-order valence-corrected chi connectivity index (χ0v) is 19.9. The molecule has 0 atom stereocenters. The lowest BCUT2D eigenvalue weighted by Gasteiger charge is -2.28. The molecule has 0 aliphatic carbocycles. The average molecular weight is 389 g/mol. The molecule has 160 valence electrons. The molecule has 0 amide bonds. The maximum Gasteiger partial charge on any atom is 0.0594 e. The first-order chi connectivity index (χ1) is 12.2. The Labute approximate surface area is 168 Å². The van der Waals surface area contributed by atoms with Gasteiger partial charge >= 0.3 is 0 Å². The second kappa shape index (κ2) is 21.7. The van der Waals surface area contributed by atoms with Gasteiger partial charge in [0.2, 0.25) is 0 Å². The van der Waals surface area contributed by atoms with Crippen LogP contribution in [0.4, 0.5) is 0 Å². The highest BCUT2D eigenvalue weighted by Gasteiger charge is 2.34. The summed E-state index contributed by atoms with van der Waals surface area (Å²) in [4.78, 5) is 0. The van der Waals surface area contributed by atoms with Crippen molar-refractivity contribution in [1.29, 1.82) is 0 Å². The van der Waals surface area contributed by atoms with E-state index in [9.17, 15) is 0 Å². The van der Waals surface area contributed by atoms with Crippen molar-refractivity contribution in [2.75, 3.05) is 24.6 Å². The third-order valence-electron chi connectivity index (χ3n) is 5.94. The molecule has 26 heavy (non-hydrogen) atoms. The predicted octanol–water partition coefficient (Wildman–Crippen LogP) is 9.15. The standard InChI is InChI=1S/C24H52P.H2O/c1-5-9-13-17-21-25(22-18-14-10-6-2,23-19-15-11-7-3)24-20-16-12-8-4;/h5-24H2,1-4H3;1H2/q+1;/p-1. The largest absolute Gasteiger partial charge is 0.870 e. The van der Waals surface area contributed by atoms with E-state index in [0.29, 0.717) is 0 Å². The van der Waals surface area contributed by atoms with Crippen LogP contribution >= 0.6 is 7.26 Å². The summed E-state index contributed by atoms with van der Waals surface area (Å²) in [5.41, 5.74) is 0. The Morgan fingerprint density at radius 2 is 0.577 bits per heavy atom. The Kier molecular flexibility index (Phi) is 23.9. The first-order valence-corrected chi connectivity index (χ1v) is 14.6. The second-order valence-corrected chi connectivity index (χ2v) is 13.0. The van der Waals surface area contributed by atoms with Crippen molar-refractivity contribution in [1.82, 2.24) is 0 Å². The van der Waals surface area contributed by atoms with Crippen molar-refractivity contribution in [3.63, 3.8) is 0 Å². The fraction of sp³-hybridized carbons (Fsp3) is 1.00. The van der Waals surface area contributed by atoms with E-state index in [1.54, 1.807) is 24.6 Å². The topological polar surface area (TPSA) is 30.0 Å². The van der Waals surface area contributed by atoms with Gasteiger partial charge in [-0.05, 0) is 51.4 Å². The quantitative estimate of drug-likeness (QED) is 0.151. The maximum absolute atomic E-state index is 2.35. The van der Waals surface area contributed by atoms with Crippen LogP contribution in [0.25, 0.3) is 0 Å². The number of rotatable bonds is 20. The van der Waals surface area contributed by atoms with Gasteiger partial charge in [-0.15, -0.1) is 0 Å². The van der Waals surface area contributed by atoms with Gasteiger partial charge in [0.25, 0.3) is 0 Å². The Hall–Kier alpha value is 0.390. The van der Waals surface area contributed by atoms with Crippen molar-refractivity contribution >= 4 is 7.26 Å². The lowest BCUT2D eigenvalue weighted by Crippen LogP contribution is -2.13. The maximum atomic E-state index is 2.35. The number of unbranched alkanes of at least 4 members (excludes halogenated alkanes) is 12. The van der Waals surface area contributed by atoms with Gasteiger partial charge in [0.1, 0.15) is 0 Å². The number of hydrogen-bond acceptors (Lipinski definition) is 1. The summed E-state index contributed by atoms with van der Waals surface area (Å²) in [6.07, 6.45) is 30.1. The van der Waals surface area contributed by atoms with E-state index >= 15 is 0 Å². The van der Waals surface area contributed by atoms with Crippen molar-refractivity contribution in [2.24, 2.45) is 0 Å². The van der Waals surface area contributed by atoms with Crippen molar-refractivity contribution in [2.45, 2.75) is 130 Å². The molecule has 2 heteroatoms. The van der Waals surface area contributed by atoms with Crippen LogP contribution in [0.3, 0.4) is 0 Å². The average Bonchev–Trinajstić information content (AvgIpc) is 2.63. The smallest absolute Gasteiger partial charge is 0.0594 e. The van der Waals surface area contributed by atoms with Gasteiger partial charge in [0, 0.05) is 7.26 Å². The van der Waals surface area contributed by atoms with Gasteiger partial charge in [-0.25, -0.2) is 0 Å². The van der Waals surface area contributed by atoms with E-state index < -0.39 is 7.26 Å². The highest BCUT2D eigenvalue weighted by molar-refractivity contribution is 7.75. The minimum absolute atomic E-state index is 0. The minimum Gasteiger partial charge on any atom is -0.870 e.